The second-order valence-electron chi connectivity index (χ2n) is 5.61. The Balaban J connectivity index is 1.82. The van der Waals surface area contributed by atoms with Crippen LogP contribution in [0.15, 0.2) is 57.0 Å². The average Bonchev–Trinajstić information content (AvgIpc) is 3.02. The van der Waals surface area contributed by atoms with E-state index >= 15 is 0 Å². The molecule has 0 spiro atoms. The van der Waals surface area contributed by atoms with E-state index in [0.717, 1.165) is 9.87 Å². The van der Waals surface area contributed by atoms with Gasteiger partial charge in [-0.1, -0.05) is 23.9 Å². The number of hydrogen-bond donors (Lipinski definition) is 0. The van der Waals surface area contributed by atoms with E-state index in [0.29, 0.717) is 22.1 Å². The molecule has 1 heterocycles. The van der Waals surface area contributed by atoms with Crippen molar-refractivity contribution < 1.29 is 17.8 Å². The first-order valence-corrected chi connectivity index (χ1v) is 9.89. The number of aromatic nitrogens is 1. The molecule has 3 aromatic rings. The molecule has 136 valence electrons. The van der Waals surface area contributed by atoms with E-state index in [-0.39, 0.29) is 10.6 Å². The molecule has 0 atom stereocenters. The van der Waals surface area contributed by atoms with Crippen molar-refractivity contribution in [2.75, 3.05) is 14.1 Å². The van der Waals surface area contributed by atoms with Gasteiger partial charge in [-0.05, 0) is 23.8 Å². The minimum absolute atomic E-state index is 0.0270. The van der Waals surface area contributed by atoms with E-state index in [1.807, 2.05) is 0 Å². The van der Waals surface area contributed by atoms with Crippen molar-refractivity contribution in [1.29, 1.82) is 0 Å². The predicted molar refractivity (Wildman–Crippen MR) is 97.5 cm³/mol. The molecule has 3 rings (SSSR count). The predicted octanol–water partition coefficient (Wildman–Crippen LogP) is 3.28. The molecule has 0 radical (unpaired) electrons. The van der Waals surface area contributed by atoms with Gasteiger partial charge in [0.1, 0.15) is 5.52 Å². The number of non-ortho nitro benzene ring substituents is 1. The number of nitrogens with zero attached hydrogens (tertiary/aromatic N) is 3. The van der Waals surface area contributed by atoms with Crippen molar-refractivity contribution >= 4 is 38.6 Å². The first kappa shape index (κ1) is 18.4. The Bertz CT molecular complexity index is 1080. The van der Waals surface area contributed by atoms with E-state index in [9.17, 15) is 18.5 Å². The molecule has 0 bridgehead atoms. The van der Waals surface area contributed by atoms with Gasteiger partial charge in [0.2, 0.25) is 10.0 Å². The van der Waals surface area contributed by atoms with Crippen molar-refractivity contribution in [3.05, 3.63) is 58.1 Å². The quantitative estimate of drug-likeness (QED) is 0.359. The van der Waals surface area contributed by atoms with Crippen molar-refractivity contribution in [2.24, 2.45) is 0 Å². The number of sulfonamides is 1. The van der Waals surface area contributed by atoms with Crippen LogP contribution in [0.4, 0.5) is 5.69 Å². The van der Waals surface area contributed by atoms with Gasteiger partial charge in [0, 0.05) is 32.0 Å². The lowest BCUT2D eigenvalue weighted by atomic mass is 10.2. The molecule has 0 unspecified atom stereocenters. The van der Waals surface area contributed by atoms with Crippen LogP contribution in [0, 0.1) is 10.1 Å². The average molecular weight is 393 g/mol. The zero-order valence-corrected chi connectivity index (χ0v) is 15.6. The molecule has 0 amide bonds. The lowest BCUT2D eigenvalue weighted by molar-refractivity contribution is -0.384. The molecule has 10 heteroatoms. The van der Waals surface area contributed by atoms with Crippen LogP contribution in [0.25, 0.3) is 11.1 Å². The van der Waals surface area contributed by atoms with Gasteiger partial charge in [-0.25, -0.2) is 17.7 Å². The van der Waals surface area contributed by atoms with Crippen molar-refractivity contribution in [2.45, 2.75) is 15.9 Å². The maximum absolute atomic E-state index is 12.2. The van der Waals surface area contributed by atoms with Gasteiger partial charge in [0.15, 0.2) is 5.58 Å². The third-order valence-corrected chi connectivity index (χ3v) is 6.31. The molecule has 0 aliphatic rings. The zero-order valence-electron chi connectivity index (χ0n) is 13.9. The Morgan fingerprint density at radius 3 is 2.69 bits per heavy atom. The number of fused-ring (bicyclic) bond motifs is 1. The Hall–Kier alpha value is -2.43. The Morgan fingerprint density at radius 2 is 2.00 bits per heavy atom. The third kappa shape index (κ3) is 3.71. The largest absolute Gasteiger partial charge is 0.431 e. The number of rotatable bonds is 6. The van der Waals surface area contributed by atoms with Crippen LogP contribution in [0.1, 0.15) is 5.56 Å². The molecule has 8 nitrogen and oxygen atoms in total. The van der Waals surface area contributed by atoms with Gasteiger partial charge < -0.3 is 4.42 Å². The second kappa shape index (κ2) is 7.06. The summed E-state index contributed by atoms with van der Waals surface area (Å²) in [6, 6.07) is 10.8. The summed E-state index contributed by atoms with van der Waals surface area (Å²) in [5.41, 5.74) is 1.71. The number of benzene rings is 2. The lowest BCUT2D eigenvalue weighted by Crippen LogP contribution is -2.22. The maximum atomic E-state index is 12.2. The fourth-order valence-corrected chi connectivity index (χ4v) is 3.93. The molecule has 0 aliphatic carbocycles. The summed E-state index contributed by atoms with van der Waals surface area (Å²) in [5, 5.41) is 11.2. The highest BCUT2D eigenvalue weighted by Crippen LogP contribution is 2.28. The second-order valence-corrected chi connectivity index (χ2v) is 8.69. The van der Waals surface area contributed by atoms with Crippen LogP contribution in [-0.4, -0.2) is 36.7 Å². The summed E-state index contributed by atoms with van der Waals surface area (Å²) in [6.07, 6.45) is 0. The van der Waals surface area contributed by atoms with Gasteiger partial charge in [-0.15, -0.1) is 0 Å². The Morgan fingerprint density at radius 1 is 1.23 bits per heavy atom. The van der Waals surface area contributed by atoms with Crippen molar-refractivity contribution in [1.82, 2.24) is 9.29 Å². The first-order chi connectivity index (χ1) is 12.3. The lowest BCUT2D eigenvalue weighted by Gasteiger charge is -2.10. The van der Waals surface area contributed by atoms with Crippen LogP contribution in [-0.2, 0) is 15.8 Å². The number of oxazole rings is 1. The highest BCUT2D eigenvalue weighted by atomic mass is 32.2. The number of nitro benzene ring substituents is 1. The standard InChI is InChI=1S/C16H15N3O5S2/c1-18(2)26(22,23)13-6-7-15-14(9-13)17-16(24-15)25-10-11-4-3-5-12(8-11)19(20)21/h3-9H,10H2,1-2H3. The Labute approximate surface area is 154 Å². The zero-order chi connectivity index (χ0) is 18.9. The van der Waals surface area contributed by atoms with Crippen LogP contribution in [0.3, 0.4) is 0 Å². The van der Waals surface area contributed by atoms with Crippen LogP contribution in [0.2, 0.25) is 0 Å². The molecule has 0 saturated heterocycles. The summed E-state index contributed by atoms with van der Waals surface area (Å²) in [7, 11) is -0.624. The first-order valence-electron chi connectivity index (χ1n) is 7.46. The van der Waals surface area contributed by atoms with Gasteiger partial charge >= 0.3 is 0 Å². The molecule has 1 aromatic heterocycles. The molecule has 26 heavy (non-hydrogen) atoms. The van der Waals surface area contributed by atoms with E-state index < -0.39 is 14.9 Å². The summed E-state index contributed by atoms with van der Waals surface area (Å²) in [4.78, 5) is 14.8. The number of thioether (sulfide) groups is 1. The summed E-state index contributed by atoms with van der Waals surface area (Å²) in [5.74, 6) is 0.442. The molecule has 0 saturated carbocycles. The van der Waals surface area contributed by atoms with Gasteiger partial charge in [0.05, 0.1) is 9.82 Å². The molecule has 0 N–H and O–H groups in total. The number of nitro groups is 1. The molecular weight excluding hydrogens is 378 g/mol. The molecule has 2 aromatic carbocycles. The van der Waals surface area contributed by atoms with Crippen molar-refractivity contribution in [3.8, 4) is 0 Å². The monoisotopic (exact) mass is 393 g/mol. The van der Waals surface area contributed by atoms with Gasteiger partial charge in [-0.3, -0.25) is 10.1 Å². The third-order valence-electron chi connectivity index (χ3n) is 3.60. The van der Waals surface area contributed by atoms with Crippen LogP contribution in [0.5, 0.6) is 0 Å². The van der Waals surface area contributed by atoms with Crippen LogP contribution >= 0.6 is 11.8 Å². The minimum atomic E-state index is -3.55. The van der Waals surface area contributed by atoms with Crippen LogP contribution < -0.4 is 0 Å². The highest BCUT2D eigenvalue weighted by Gasteiger charge is 2.19. The smallest absolute Gasteiger partial charge is 0.269 e. The van der Waals surface area contributed by atoms with E-state index in [1.165, 1.54) is 50.1 Å². The number of hydrogen-bond acceptors (Lipinski definition) is 7. The SMILES string of the molecule is CN(C)S(=O)(=O)c1ccc2oc(SCc3cccc([N+](=O)[O-])c3)nc2c1. The topological polar surface area (TPSA) is 107 Å². The molecule has 0 aliphatic heterocycles. The fourth-order valence-electron chi connectivity index (χ4n) is 2.22. The van der Waals surface area contributed by atoms with Gasteiger partial charge in [0.25, 0.3) is 10.9 Å². The van der Waals surface area contributed by atoms with E-state index in [1.54, 1.807) is 18.2 Å². The van der Waals surface area contributed by atoms with Gasteiger partial charge in [-0.2, -0.15) is 0 Å². The molecule has 0 fully saturated rings. The van der Waals surface area contributed by atoms with Crippen molar-refractivity contribution in [3.63, 3.8) is 0 Å². The summed E-state index contributed by atoms with van der Waals surface area (Å²) < 4.78 is 31.1. The maximum Gasteiger partial charge on any atom is 0.269 e. The summed E-state index contributed by atoms with van der Waals surface area (Å²) in [6.45, 7) is 0. The Kier molecular flexibility index (Phi) is 4.99. The molecular formula is C16H15N3O5S2. The van der Waals surface area contributed by atoms with E-state index in [4.69, 9.17) is 4.42 Å². The van der Waals surface area contributed by atoms with E-state index in [2.05, 4.69) is 4.98 Å². The fraction of sp³-hybridized carbons (Fsp3) is 0.188. The highest BCUT2D eigenvalue weighted by molar-refractivity contribution is 7.98. The normalized spacial score (nSPS) is 12.0. The summed E-state index contributed by atoms with van der Waals surface area (Å²) >= 11 is 1.28. The minimum Gasteiger partial charge on any atom is -0.431 e.